The van der Waals surface area contributed by atoms with Crippen LogP contribution >= 0.6 is 0 Å². The molecule has 0 radical (unpaired) electrons. The lowest BCUT2D eigenvalue weighted by Gasteiger charge is -2.39. The van der Waals surface area contributed by atoms with E-state index >= 15 is 0 Å². The number of hydrogen-bond acceptors (Lipinski definition) is 3. The molecule has 4 nitrogen and oxygen atoms in total. The van der Waals surface area contributed by atoms with Gasteiger partial charge in [0.2, 0.25) is 0 Å². The van der Waals surface area contributed by atoms with Gasteiger partial charge in [0.05, 0.1) is 19.6 Å². The van der Waals surface area contributed by atoms with Crippen molar-refractivity contribution in [1.82, 2.24) is 0 Å². The Kier molecular flexibility index (Phi) is 48.2. The summed E-state index contributed by atoms with van der Waals surface area (Å²) in [6.45, 7) is 9.50. The number of nitrogens with zero attached hydrogens (tertiary/aromatic N) is 1. The van der Waals surface area contributed by atoms with Crippen molar-refractivity contribution < 1.29 is 17.5 Å². The Balaban J connectivity index is 4.54. The van der Waals surface area contributed by atoms with E-state index in [0.717, 1.165) is 38.9 Å². The fourth-order valence-electron chi connectivity index (χ4n) is 9.85. The Morgan fingerprint density at radius 2 is 0.383 bits per heavy atom. The van der Waals surface area contributed by atoms with Gasteiger partial charge in [-0.2, -0.15) is 0 Å². The fourth-order valence-corrected chi connectivity index (χ4v) is 10.9. The van der Waals surface area contributed by atoms with Gasteiger partial charge in [-0.15, -0.1) is 0 Å². The van der Waals surface area contributed by atoms with Crippen molar-refractivity contribution in [2.75, 3.05) is 25.5 Å². The van der Waals surface area contributed by atoms with Crippen molar-refractivity contribution in [2.24, 2.45) is 0 Å². The second kappa shape index (κ2) is 48.3. The standard InChI is InChI=1S/C55H113NO3S/c1-4-7-10-13-16-19-22-25-28-31-34-37-40-43-46-49-52-56(55-60(57,58)59,53-50-47-44-41-38-35-32-29-26-23-20-17-14-11-8-5-2)54-51-48-45-42-39-36-33-30-27-24-21-18-15-12-9-6-3/h4-55H2,1-3H3. The molecule has 0 aliphatic rings. The lowest BCUT2D eigenvalue weighted by atomic mass is 10.0. The number of rotatable bonds is 53. The maximum atomic E-state index is 12.4. The first-order valence-corrected chi connectivity index (χ1v) is 29.8. The minimum absolute atomic E-state index is 0.191. The van der Waals surface area contributed by atoms with Crippen molar-refractivity contribution in [3.05, 3.63) is 0 Å². The smallest absolute Gasteiger partial charge is 0.169 e. The van der Waals surface area contributed by atoms with Crippen LogP contribution in [0.1, 0.15) is 329 Å². The van der Waals surface area contributed by atoms with Crippen LogP contribution in [-0.4, -0.2) is 43.0 Å². The van der Waals surface area contributed by atoms with E-state index in [0.29, 0.717) is 4.48 Å². The summed E-state index contributed by atoms with van der Waals surface area (Å²) in [4.78, 5) is 0. The van der Waals surface area contributed by atoms with Crippen LogP contribution in [0.25, 0.3) is 0 Å². The Hall–Kier alpha value is -0.130. The van der Waals surface area contributed by atoms with Crippen molar-refractivity contribution in [3.63, 3.8) is 0 Å². The van der Waals surface area contributed by atoms with Gasteiger partial charge < -0.3 is 9.04 Å². The van der Waals surface area contributed by atoms with Gasteiger partial charge in [0.15, 0.2) is 5.88 Å². The Labute approximate surface area is 380 Å². The normalized spacial score (nSPS) is 12.3. The van der Waals surface area contributed by atoms with E-state index in [1.165, 1.54) is 289 Å². The monoisotopic (exact) mass is 868 g/mol. The minimum Gasteiger partial charge on any atom is -0.744 e. The predicted octanol–water partition coefficient (Wildman–Crippen LogP) is 19.1. The molecular weight excluding hydrogens is 755 g/mol. The second-order valence-corrected chi connectivity index (χ2v) is 21.5. The molecule has 362 valence electrons. The lowest BCUT2D eigenvalue weighted by Crippen LogP contribution is -2.53. The molecule has 0 amide bonds. The van der Waals surface area contributed by atoms with Crippen LogP contribution in [0, 0.1) is 0 Å². The minimum atomic E-state index is -4.28. The fraction of sp³-hybridized carbons (Fsp3) is 1.00. The zero-order chi connectivity index (χ0) is 43.8. The molecule has 0 aliphatic heterocycles. The Morgan fingerprint density at radius 1 is 0.250 bits per heavy atom. The van der Waals surface area contributed by atoms with E-state index in [9.17, 15) is 13.0 Å². The first-order valence-electron chi connectivity index (χ1n) is 28.2. The number of quaternary nitrogens is 1. The van der Waals surface area contributed by atoms with Crippen molar-refractivity contribution in [2.45, 2.75) is 329 Å². The molecule has 0 unspecified atom stereocenters. The van der Waals surface area contributed by atoms with Crippen LogP contribution < -0.4 is 0 Å². The molecule has 0 atom stereocenters. The molecule has 0 aromatic rings. The van der Waals surface area contributed by atoms with Gasteiger partial charge >= 0.3 is 0 Å². The first-order chi connectivity index (χ1) is 29.4. The molecule has 60 heavy (non-hydrogen) atoms. The summed E-state index contributed by atoms with van der Waals surface area (Å²) in [5.74, 6) is -0.191. The molecule has 0 saturated carbocycles. The second-order valence-electron chi connectivity index (χ2n) is 20.1. The first kappa shape index (κ1) is 59.9. The zero-order valence-corrected chi connectivity index (χ0v) is 42.7. The summed E-state index contributed by atoms with van der Waals surface area (Å²) in [7, 11) is -4.28. The largest absolute Gasteiger partial charge is 0.744 e. The van der Waals surface area contributed by atoms with Gasteiger partial charge in [-0.1, -0.05) is 290 Å². The van der Waals surface area contributed by atoms with Gasteiger partial charge in [-0.25, -0.2) is 8.42 Å². The molecule has 0 N–H and O–H groups in total. The van der Waals surface area contributed by atoms with Crippen molar-refractivity contribution in [3.8, 4) is 0 Å². The predicted molar refractivity (Wildman–Crippen MR) is 268 cm³/mol. The van der Waals surface area contributed by atoms with Crippen molar-refractivity contribution in [1.29, 1.82) is 0 Å². The van der Waals surface area contributed by atoms with E-state index in [1.54, 1.807) is 0 Å². The molecule has 0 spiro atoms. The highest BCUT2D eigenvalue weighted by Gasteiger charge is 2.29. The average Bonchev–Trinajstić information content (AvgIpc) is 3.22. The molecule has 0 fully saturated rings. The molecule has 0 bridgehead atoms. The highest BCUT2D eigenvalue weighted by atomic mass is 32.2. The molecule has 0 rings (SSSR count). The van der Waals surface area contributed by atoms with Crippen LogP contribution in [0.2, 0.25) is 0 Å². The Morgan fingerprint density at radius 3 is 0.517 bits per heavy atom. The molecule has 0 aromatic heterocycles. The van der Waals surface area contributed by atoms with Gasteiger partial charge in [-0.3, -0.25) is 0 Å². The zero-order valence-electron chi connectivity index (χ0n) is 41.8. The van der Waals surface area contributed by atoms with E-state index < -0.39 is 10.1 Å². The average molecular weight is 869 g/mol. The van der Waals surface area contributed by atoms with Gasteiger partial charge in [0.1, 0.15) is 10.1 Å². The highest BCUT2D eigenvalue weighted by molar-refractivity contribution is 7.85. The molecule has 0 saturated heterocycles. The maximum absolute atomic E-state index is 12.4. The van der Waals surface area contributed by atoms with Crippen LogP contribution in [0.5, 0.6) is 0 Å². The SMILES string of the molecule is CCCCCCCCCCCCCCCCCC[N+](CCCCCCCCCCCCCCCCCC)(CCCCCCCCCCCCCCCCCC)CS(=O)(=O)[O-]. The van der Waals surface area contributed by atoms with E-state index in [-0.39, 0.29) is 5.88 Å². The molecular formula is C55H113NO3S. The third kappa shape index (κ3) is 47.4. The van der Waals surface area contributed by atoms with Crippen LogP contribution in [-0.2, 0) is 10.1 Å². The summed E-state index contributed by atoms with van der Waals surface area (Å²) in [6.07, 6.45) is 64.7. The maximum Gasteiger partial charge on any atom is 0.169 e. The summed E-state index contributed by atoms with van der Waals surface area (Å²) in [5.41, 5.74) is 0. The topological polar surface area (TPSA) is 57.2 Å². The van der Waals surface area contributed by atoms with Crippen molar-refractivity contribution >= 4 is 10.1 Å². The lowest BCUT2D eigenvalue weighted by molar-refractivity contribution is -0.918. The summed E-state index contributed by atoms with van der Waals surface area (Å²) in [6, 6.07) is 0. The van der Waals surface area contributed by atoms with Gasteiger partial charge in [0.25, 0.3) is 0 Å². The summed E-state index contributed by atoms with van der Waals surface area (Å²) < 4.78 is 37.7. The van der Waals surface area contributed by atoms with Crippen LogP contribution in [0.15, 0.2) is 0 Å². The number of unbranched alkanes of at least 4 members (excludes halogenated alkanes) is 45. The molecule has 0 aromatic carbocycles. The van der Waals surface area contributed by atoms with Gasteiger partial charge in [-0.05, 0) is 38.5 Å². The molecule has 0 aliphatic carbocycles. The number of hydrogen-bond donors (Lipinski definition) is 0. The summed E-state index contributed by atoms with van der Waals surface area (Å²) >= 11 is 0. The van der Waals surface area contributed by atoms with Gasteiger partial charge in [0, 0.05) is 0 Å². The van der Waals surface area contributed by atoms with E-state index in [2.05, 4.69) is 20.8 Å². The third-order valence-corrected chi connectivity index (χ3v) is 14.8. The highest BCUT2D eigenvalue weighted by Crippen LogP contribution is 2.22. The third-order valence-electron chi connectivity index (χ3n) is 13.9. The van der Waals surface area contributed by atoms with E-state index in [4.69, 9.17) is 0 Å². The molecule has 0 heterocycles. The quantitative estimate of drug-likeness (QED) is 0.0348. The van der Waals surface area contributed by atoms with Crippen LogP contribution in [0.3, 0.4) is 0 Å². The summed E-state index contributed by atoms with van der Waals surface area (Å²) in [5, 5.41) is 0. The van der Waals surface area contributed by atoms with Crippen LogP contribution in [0.4, 0.5) is 0 Å². The van der Waals surface area contributed by atoms with E-state index in [1.807, 2.05) is 0 Å². The Bertz CT molecular complexity index is 819. The molecule has 5 heteroatoms.